The quantitative estimate of drug-likeness (QED) is 0.696. The van der Waals surface area contributed by atoms with Gasteiger partial charge in [0, 0.05) is 9.50 Å². The van der Waals surface area contributed by atoms with E-state index in [2.05, 4.69) is 31.3 Å². The lowest BCUT2D eigenvalue weighted by Crippen LogP contribution is -1.72. The van der Waals surface area contributed by atoms with Gasteiger partial charge in [-0.25, -0.2) is 0 Å². The Hall–Kier alpha value is -0.610. The molecule has 0 fully saturated rings. The highest BCUT2D eigenvalue weighted by molar-refractivity contribution is 9.10. The van der Waals surface area contributed by atoms with E-state index in [0.29, 0.717) is 10.5 Å². The zero-order valence-electron chi connectivity index (χ0n) is 5.25. The summed E-state index contributed by atoms with van der Waals surface area (Å²) >= 11 is 9.06. The molecule has 0 saturated carbocycles. The van der Waals surface area contributed by atoms with Gasteiger partial charge in [-0.2, -0.15) is 0 Å². The van der Waals surface area contributed by atoms with E-state index >= 15 is 0 Å². The lowest BCUT2D eigenvalue weighted by molar-refractivity contribution is 0.928. The lowest BCUT2D eigenvalue weighted by Gasteiger charge is -1.93. The number of hydrogen-bond donors (Lipinski definition) is 0. The van der Waals surface area contributed by atoms with Crippen molar-refractivity contribution in [2.75, 3.05) is 0 Å². The Morgan fingerprint density at radius 3 is 3.00 bits per heavy atom. The average molecular weight is 231 g/mol. The fraction of sp³-hybridized carbons (Fsp3) is 0. The highest BCUT2D eigenvalue weighted by Crippen LogP contribution is 2.24. The second kappa shape index (κ2) is 2.46. The topological polar surface area (TPSA) is 39.9 Å². The van der Waals surface area contributed by atoms with E-state index in [-0.39, 0.29) is 0 Å². The molecule has 0 amide bonds. The molecule has 1 heterocycles. The third-order valence-electron chi connectivity index (χ3n) is 1.31. The summed E-state index contributed by atoms with van der Waals surface area (Å²) in [4.78, 5) is 0. The van der Waals surface area contributed by atoms with E-state index < -0.39 is 0 Å². The number of halogens is 2. The molecule has 2 aromatic rings. The molecular formula is C6H2BrClN3-. The van der Waals surface area contributed by atoms with Gasteiger partial charge in [-0.3, -0.25) is 0 Å². The van der Waals surface area contributed by atoms with Gasteiger partial charge in [-0.1, -0.05) is 11.6 Å². The van der Waals surface area contributed by atoms with E-state index in [9.17, 15) is 0 Å². The van der Waals surface area contributed by atoms with Crippen LogP contribution in [0.4, 0.5) is 0 Å². The van der Waals surface area contributed by atoms with Gasteiger partial charge in [0.2, 0.25) is 0 Å². The zero-order valence-corrected chi connectivity index (χ0v) is 7.59. The van der Waals surface area contributed by atoms with E-state index in [1.165, 1.54) is 0 Å². The third kappa shape index (κ3) is 1.12. The van der Waals surface area contributed by atoms with Crippen LogP contribution in [0.15, 0.2) is 16.6 Å². The number of aromatic nitrogens is 3. The number of hydrogen-bond acceptors (Lipinski definition) is 2. The summed E-state index contributed by atoms with van der Waals surface area (Å²) in [6.07, 6.45) is 0. The van der Waals surface area contributed by atoms with Crippen LogP contribution in [0.1, 0.15) is 0 Å². The molecule has 11 heavy (non-hydrogen) atoms. The first-order valence-electron chi connectivity index (χ1n) is 2.88. The predicted molar refractivity (Wildman–Crippen MR) is 45.6 cm³/mol. The van der Waals surface area contributed by atoms with Gasteiger partial charge in [0.05, 0.1) is 11.0 Å². The summed E-state index contributed by atoms with van der Waals surface area (Å²) in [5.41, 5.74) is 1.46. The molecule has 0 unspecified atom stereocenters. The largest absolute Gasteiger partial charge is 0.492 e. The highest BCUT2D eigenvalue weighted by atomic mass is 79.9. The maximum atomic E-state index is 5.76. The van der Waals surface area contributed by atoms with Crippen molar-refractivity contribution in [3.63, 3.8) is 0 Å². The first kappa shape index (κ1) is 7.06. The summed E-state index contributed by atoms with van der Waals surface area (Å²) in [6, 6.07) is 3.49. The molecule has 0 saturated heterocycles. The van der Waals surface area contributed by atoms with Crippen LogP contribution in [0.5, 0.6) is 0 Å². The minimum atomic E-state index is 0.631. The van der Waals surface area contributed by atoms with Crippen molar-refractivity contribution in [1.82, 2.24) is 15.4 Å². The SMILES string of the molecule is Clc1cc(Br)c2n[n-]nc2c1. The Balaban J connectivity index is 2.91. The summed E-state index contributed by atoms with van der Waals surface area (Å²) in [5.74, 6) is 0. The van der Waals surface area contributed by atoms with Crippen LogP contribution < -0.4 is 5.21 Å². The molecule has 0 bridgehead atoms. The average Bonchev–Trinajstić information content (AvgIpc) is 2.34. The molecule has 0 aliphatic heterocycles. The molecular weight excluding hydrogens is 229 g/mol. The Kier molecular flexibility index (Phi) is 1.58. The van der Waals surface area contributed by atoms with Crippen LogP contribution in [0.3, 0.4) is 0 Å². The van der Waals surface area contributed by atoms with Gasteiger partial charge >= 0.3 is 0 Å². The fourth-order valence-electron chi connectivity index (χ4n) is 0.843. The van der Waals surface area contributed by atoms with Crippen molar-refractivity contribution >= 4 is 38.6 Å². The number of benzene rings is 1. The second-order valence-corrected chi connectivity index (χ2v) is 3.34. The molecule has 0 N–H and O–H groups in total. The van der Waals surface area contributed by atoms with Crippen LogP contribution in [-0.2, 0) is 0 Å². The molecule has 5 heteroatoms. The van der Waals surface area contributed by atoms with Gasteiger partial charge in [0.1, 0.15) is 0 Å². The van der Waals surface area contributed by atoms with Crippen LogP contribution in [0, 0.1) is 0 Å². The zero-order chi connectivity index (χ0) is 7.84. The normalized spacial score (nSPS) is 10.7. The second-order valence-electron chi connectivity index (χ2n) is 2.04. The van der Waals surface area contributed by atoms with Gasteiger partial charge in [-0.15, -0.1) is 0 Å². The van der Waals surface area contributed by atoms with Crippen molar-refractivity contribution in [3.8, 4) is 0 Å². The maximum absolute atomic E-state index is 5.76. The van der Waals surface area contributed by atoms with Crippen LogP contribution in [0.25, 0.3) is 11.0 Å². The highest BCUT2D eigenvalue weighted by Gasteiger charge is 1.99. The van der Waals surface area contributed by atoms with Gasteiger partial charge in [-0.05, 0) is 28.1 Å². The summed E-state index contributed by atoms with van der Waals surface area (Å²) in [7, 11) is 0. The number of rotatable bonds is 0. The molecule has 1 aromatic carbocycles. The van der Waals surface area contributed by atoms with Crippen LogP contribution in [0.2, 0.25) is 5.02 Å². The first-order chi connectivity index (χ1) is 5.27. The van der Waals surface area contributed by atoms with Gasteiger partial charge in [0.15, 0.2) is 0 Å². The molecule has 0 aliphatic carbocycles. The molecule has 0 atom stereocenters. The minimum absolute atomic E-state index is 0.631. The molecule has 0 spiro atoms. The van der Waals surface area contributed by atoms with E-state index in [1.807, 2.05) is 0 Å². The van der Waals surface area contributed by atoms with E-state index in [1.54, 1.807) is 12.1 Å². The van der Waals surface area contributed by atoms with Crippen molar-refractivity contribution < 1.29 is 0 Å². The monoisotopic (exact) mass is 230 g/mol. The van der Waals surface area contributed by atoms with Crippen LogP contribution >= 0.6 is 27.5 Å². The summed E-state index contributed by atoms with van der Waals surface area (Å²) < 4.78 is 0.824. The Morgan fingerprint density at radius 1 is 1.36 bits per heavy atom. The maximum Gasteiger partial charge on any atom is 0.0810 e. The van der Waals surface area contributed by atoms with Crippen molar-refractivity contribution in [1.29, 1.82) is 0 Å². The van der Waals surface area contributed by atoms with Crippen LogP contribution in [-0.4, -0.2) is 10.2 Å². The van der Waals surface area contributed by atoms with Gasteiger partial charge in [0.25, 0.3) is 0 Å². The lowest BCUT2D eigenvalue weighted by atomic mass is 10.3. The first-order valence-corrected chi connectivity index (χ1v) is 4.05. The molecule has 56 valence electrons. The van der Waals surface area contributed by atoms with Crippen molar-refractivity contribution in [3.05, 3.63) is 21.6 Å². The molecule has 1 aromatic heterocycles. The predicted octanol–water partition coefficient (Wildman–Crippen LogP) is 2.00. The molecule has 3 nitrogen and oxygen atoms in total. The molecule has 0 radical (unpaired) electrons. The Bertz CT molecular complexity index is 398. The number of fused-ring (bicyclic) bond motifs is 1. The van der Waals surface area contributed by atoms with Crippen molar-refractivity contribution in [2.24, 2.45) is 0 Å². The Morgan fingerprint density at radius 2 is 2.18 bits per heavy atom. The molecule has 0 aliphatic rings. The smallest absolute Gasteiger partial charge is 0.0810 e. The minimum Gasteiger partial charge on any atom is -0.492 e. The number of nitrogens with zero attached hydrogens (tertiary/aromatic N) is 3. The fourth-order valence-corrected chi connectivity index (χ4v) is 1.72. The Labute approximate surface area is 75.9 Å². The summed E-state index contributed by atoms with van der Waals surface area (Å²) in [5, 5.41) is 11.7. The van der Waals surface area contributed by atoms with E-state index in [4.69, 9.17) is 11.6 Å². The third-order valence-corrected chi connectivity index (χ3v) is 2.13. The summed E-state index contributed by atoms with van der Waals surface area (Å²) in [6.45, 7) is 0. The molecule has 2 rings (SSSR count). The van der Waals surface area contributed by atoms with Gasteiger partial charge < -0.3 is 15.4 Å². The van der Waals surface area contributed by atoms with Crippen molar-refractivity contribution in [2.45, 2.75) is 0 Å². The standard InChI is InChI=1S/C6H2BrClN3/c7-4-1-3(8)2-5-6(4)10-11-9-5/h1-2H/q-1. The van der Waals surface area contributed by atoms with E-state index in [0.717, 1.165) is 9.99 Å².